The highest BCUT2D eigenvalue weighted by molar-refractivity contribution is 7.09. The summed E-state index contributed by atoms with van der Waals surface area (Å²) in [6.45, 7) is 10.1. The lowest BCUT2D eigenvalue weighted by Crippen LogP contribution is -2.32. The molecule has 0 radical (unpaired) electrons. The number of carbonyl (C=O) groups excluding carboxylic acids is 1. The van der Waals surface area contributed by atoms with Crippen LogP contribution >= 0.6 is 11.3 Å². The number of hydrogen-bond donors (Lipinski definition) is 0. The zero-order chi connectivity index (χ0) is 18.2. The molecule has 0 aliphatic carbocycles. The molecule has 4 nitrogen and oxygen atoms in total. The smallest absolute Gasteiger partial charge is 0.223 e. The van der Waals surface area contributed by atoms with E-state index >= 15 is 0 Å². The predicted molar refractivity (Wildman–Crippen MR) is 103 cm³/mol. The molecule has 0 saturated carbocycles. The number of nitrogens with zero attached hydrogens (tertiary/aromatic N) is 2. The average molecular weight is 361 g/mol. The van der Waals surface area contributed by atoms with Crippen molar-refractivity contribution in [1.82, 2.24) is 9.88 Å². The van der Waals surface area contributed by atoms with Gasteiger partial charge in [0.05, 0.1) is 12.2 Å². The Morgan fingerprint density at radius 3 is 2.76 bits per heavy atom. The van der Waals surface area contributed by atoms with Crippen LogP contribution in [-0.2, 0) is 17.9 Å². The molecule has 1 aromatic heterocycles. The first kappa shape index (κ1) is 19.4. The summed E-state index contributed by atoms with van der Waals surface area (Å²) >= 11 is 1.59. The molecule has 1 amide bonds. The minimum atomic E-state index is 0.211. The van der Waals surface area contributed by atoms with Crippen molar-refractivity contribution in [3.8, 4) is 5.75 Å². The standard InChI is InChI=1S/C20H28N2O2S/c1-5-10-22(20(23)11-15(2)3)12-17-14-25-19(21-17)13-24-18-9-7-6-8-16(18)4/h6-9,14-15H,5,10-13H2,1-4H3. The number of hydrogen-bond acceptors (Lipinski definition) is 4. The molecule has 0 saturated heterocycles. The molecule has 25 heavy (non-hydrogen) atoms. The molecule has 0 N–H and O–H groups in total. The molecule has 1 heterocycles. The van der Waals surface area contributed by atoms with Crippen LogP contribution in [0.3, 0.4) is 0 Å². The van der Waals surface area contributed by atoms with Gasteiger partial charge in [-0.2, -0.15) is 0 Å². The van der Waals surface area contributed by atoms with Gasteiger partial charge in [-0.15, -0.1) is 11.3 Å². The van der Waals surface area contributed by atoms with Gasteiger partial charge in [0.25, 0.3) is 0 Å². The summed E-state index contributed by atoms with van der Waals surface area (Å²) < 4.78 is 5.86. The van der Waals surface area contributed by atoms with Gasteiger partial charge in [0, 0.05) is 18.3 Å². The second-order valence-corrected chi connectivity index (χ2v) is 7.64. The molecule has 0 spiro atoms. The molecule has 0 aliphatic heterocycles. The van der Waals surface area contributed by atoms with Crippen LogP contribution in [0, 0.1) is 12.8 Å². The number of amides is 1. The van der Waals surface area contributed by atoms with E-state index in [0.717, 1.165) is 35.0 Å². The van der Waals surface area contributed by atoms with Crippen molar-refractivity contribution in [2.45, 2.75) is 53.7 Å². The molecule has 0 aliphatic rings. The Bertz CT molecular complexity index is 682. The minimum absolute atomic E-state index is 0.211. The van der Waals surface area contributed by atoms with Crippen LogP contribution in [0.5, 0.6) is 5.75 Å². The lowest BCUT2D eigenvalue weighted by molar-refractivity contribution is -0.132. The molecule has 0 atom stereocenters. The fraction of sp³-hybridized carbons (Fsp3) is 0.500. The van der Waals surface area contributed by atoms with Gasteiger partial charge < -0.3 is 9.64 Å². The van der Waals surface area contributed by atoms with Crippen LogP contribution in [0.25, 0.3) is 0 Å². The lowest BCUT2D eigenvalue weighted by Gasteiger charge is -2.22. The first-order valence-electron chi connectivity index (χ1n) is 8.89. The Kier molecular flexibility index (Phi) is 7.44. The maximum absolute atomic E-state index is 12.4. The quantitative estimate of drug-likeness (QED) is 0.644. The third-order valence-electron chi connectivity index (χ3n) is 3.83. The Hall–Kier alpha value is -1.88. The summed E-state index contributed by atoms with van der Waals surface area (Å²) in [5.74, 6) is 1.47. The normalized spacial score (nSPS) is 10.9. The summed E-state index contributed by atoms with van der Waals surface area (Å²) in [5.41, 5.74) is 2.06. The van der Waals surface area contributed by atoms with E-state index in [1.54, 1.807) is 11.3 Å². The van der Waals surface area contributed by atoms with Gasteiger partial charge in [-0.25, -0.2) is 4.98 Å². The van der Waals surface area contributed by atoms with E-state index in [0.29, 0.717) is 25.5 Å². The van der Waals surface area contributed by atoms with Gasteiger partial charge in [0.2, 0.25) is 5.91 Å². The van der Waals surface area contributed by atoms with E-state index in [9.17, 15) is 4.79 Å². The maximum atomic E-state index is 12.4. The van der Waals surface area contributed by atoms with E-state index in [2.05, 4.69) is 25.8 Å². The van der Waals surface area contributed by atoms with Crippen molar-refractivity contribution < 1.29 is 9.53 Å². The van der Waals surface area contributed by atoms with Gasteiger partial charge in [-0.05, 0) is 30.9 Å². The monoisotopic (exact) mass is 360 g/mol. The third kappa shape index (κ3) is 6.16. The van der Waals surface area contributed by atoms with Crippen molar-refractivity contribution >= 4 is 17.2 Å². The highest BCUT2D eigenvalue weighted by Crippen LogP contribution is 2.20. The number of carbonyl (C=O) groups is 1. The Morgan fingerprint density at radius 2 is 2.08 bits per heavy atom. The van der Waals surface area contributed by atoms with E-state index in [-0.39, 0.29) is 5.91 Å². The molecule has 1 aromatic carbocycles. The summed E-state index contributed by atoms with van der Waals surface area (Å²) in [5, 5.41) is 2.97. The topological polar surface area (TPSA) is 42.4 Å². The molecule has 5 heteroatoms. The molecular weight excluding hydrogens is 332 g/mol. The largest absolute Gasteiger partial charge is 0.486 e. The number of aromatic nitrogens is 1. The summed E-state index contributed by atoms with van der Waals surface area (Å²) in [4.78, 5) is 18.9. The van der Waals surface area contributed by atoms with Crippen molar-refractivity contribution in [1.29, 1.82) is 0 Å². The van der Waals surface area contributed by atoms with E-state index in [1.807, 2.05) is 41.5 Å². The fourth-order valence-corrected chi connectivity index (χ4v) is 3.28. The predicted octanol–water partition coefficient (Wildman–Crippen LogP) is 4.82. The summed E-state index contributed by atoms with van der Waals surface area (Å²) in [6.07, 6.45) is 1.55. The van der Waals surface area contributed by atoms with Gasteiger partial charge >= 0.3 is 0 Å². The second kappa shape index (κ2) is 9.56. The van der Waals surface area contributed by atoms with Crippen LogP contribution in [0.4, 0.5) is 0 Å². The first-order valence-corrected chi connectivity index (χ1v) is 9.77. The average Bonchev–Trinajstić information content (AvgIpc) is 3.00. The molecule has 136 valence electrons. The second-order valence-electron chi connectivity index (χ2n) is 6.70. The van der Waals surface area contributed by atoms with Crippen molar-refractivity contribution in [3.63, 3.8) is 0 Å². The van der Waals surface area contributed by atoms with Crippen LogP contribution in [0.15, 0.2) is 29.6 Å². The van der Waals surface area contributed by atoms with Gasteiger partial charge in [-0.3, -0.25) is 4.79 Å². The van der Waals surface area contributed by atoms with Crippen LogP contribution in [0.1, 0.15) is 49.9 Å². The number of thiazole rings is 1. The lowest BCUT2D eigenvalue weighted by atomic mass is 10.1. The van der Waals surface area contributed by atoms with Crippen LogP contribution in [-0.4, -0.2) is 22.3 Å². The number of rotatable bonds is 9. The SMILES string of the molecule is CCCN(Cc1csc(COc2ccccc2C)n1)C(=O)CC(C)C. The van der Waals surface area contributed by atoms with Crippen molar-refractivity contribution in [3.05, 3.63) is 45.9 Å². The van der Waals surface area contributed by atoms with E-state index < -0.39 is 0 Å². The third-order valence-corrected chi connectivity index (χ3v) is 4.70. The van der Waals surface area contributed by atoms with Crippen LogP contribution < -0.4 is 4.74 Å². The highest BCUT2D eigenvalue weighted by Gasteiger charge is 2.16. The number of para-hydroxylation sites is 1. The summed E-state index contributed by atoms with van der Waals surface area (Å²) in [6, 6.07) is 7.97. The molecule has 2 rings (SSSR count). The van der Waals surface area contributed by atoms with Gasteiger partial charge in [0.1, 0.15) is 17.4 Å². The molecule has 2 aromatic rings. The fourth-order valence-electron chi connectivity index (χ4n) is 2.58. The van der Waals surface area contributed by atoms with Crippen molar-refractivity contribution in [2.24, 2.45) is 5.92 Å². The Labute approximate surface area is 154 Å². The zero-order valence-electron chi connectivity index (χ0n) is 15.6. The highest BCUT2D eigenvalue weighted by atomic mass is 32.1. The maximum Gasteiger partial charge on any atom is 0.223 e. The Balaban J connectivity index is 1.94. The number of benzene rings is 1. The molecule has 0 fully saturated rings. The van der Waals surface area contributed by atoms with Crippen LogP contribution in [0.2, 0.25) is 0 Å². The molecular formula is C20H28N2O2S. The molecule has 0 unspecified atom stereocenters. The molecule has 0 bridgehead atoms. The zero-order valence-corrected chi connectivity index (χ0v) is 16.4. The Morgan fingerprint density at radius 1 is 1.32 bits per heavy atom. The first-order chi connectivity index (χ1) is 12.0. The number of aryl methyl sites for hydroxylation is 1. The van der Waals surface area contributed by atoms with E-state index in [1.165, 1.54) is 0 Å². The number of ether oxygens (including phenoxy) is 1. The summed E-state index contributed by atoms with van der Waals surface area (Å²) in [7, 11) is 0. The van der Waals surface area contributed by atoms with Crippen molar-refractivity contribution in [2.75, 3.05) is 6.54 Å². The van der Waals surface area contributed by atoms with E-state index in [4.69, 9.17) is 4.74 Å². The van der Waals surface area contributed by atoms with Gasteiger partial charge in [-0.1, -0.05) is 39.0 Å². The minimum Gasteiger partial charge on any atom is -0.486 e. The van der Waals surface area contributed by atoms with Gasteiger partial charge in [0.15, 0.2) is 0 Å².